The largest absolute Gasteiger partial charge is 0.383 e. The molecule has 130 valence electrons. The van der Waals surface area contributed by atoms with Crippen molar-refractivity contribution in [3.8, 4) is 0 Å². The van der Waals surface area contributed by atoms with Crippen LogP contribution in [0.5, 0.6) is 0 Å². The minimum atomic E-state index is -1.11. The number of carbonyl (C=O) groups is 1. The van der Waals surface area contributed by atoms with Crippen LogP contribution < -0.4 is 10.2 Å². The van der Waals surface area contributed by atoms with Crippen LogP contribution in [-0.2, 0) is 5.60 Å². The zero-order chi connectivity index (χ0) is 18.0. The summed E-state index contributed by atoms with van der Waals surface area (Å²) in [6.45, 7) is 1.89. The van der Waals surface area contributed by atoms with Gasteiger partial charge in [-0.15, -0.1) is 11.3 Å². The number of amides is 1. The lowest BCUT2D eigenvalue weighted by Gasteiger charge is -2.22. The van der Waals surface area contributed by atoms with Gasteiger partial charge in [0, 0.05) is 34.9 Å². The monoisotopic (exact) mass is 354 g/mol. The molecule has 2 N–H and O–H groups in total. The first-order valence-corrected chi connectivity index (χ1v) is 8.95. The molecule has 1 heterocycles. The maximum Gasteiger partial charge on any atom is 0.251 e. The third-order valence-corrected chi connectivity index (χ3v) is 5.54. The topological polar surface area (TPSA) is 52.6 Å². The third-order valence-electron chi connectivity index (χ3n) is 4.17. The maximum absolute atomic E-state index is 12.4. The smallest absolute Gasteiger partial charge is 0.251 e. The highest BCUT2D eigenvalue weighted by molar-refractivity contribution is 7.19. The first-order valence-electron chi connectivity index (χ1n) is 8.14. The molecule has 3 aromatic rings. The number of benzene rings is 2. The average molecular weight is 354 g/mol. The Morgan fingerprint density at radius 3 is 2.64 bits per heavy atom. The van der Waals surface area contributed by atoms with Crippen LogP contribution in [-0.4, -0.2) is 31.7 Å². The lowest BCUT2D eigenvalue weighted by atomic mass is 10.0. The lowest BCUT2D eigenvalue weighted by Crippen LogP contribution is -2.38. The third kappa shape index (κ3) is 3.83. The second kappa shape index (κ2) is 6.86. The number of fused-ring (bicyclic) bond motifs is 1. The number of hydrogen-bond acceptors (Lipinski definition) is 4. The highest BCUT2D eigenvalue weighted by atomic mass is 32.1. The van der Waals surface area contributed by atoms with Crippen LogP contribution >= 0.6 is 11.3 Å². The minimum absolute atomic E-state index is 0.158. The summed E-state index contributed by atoms with van der Waals surface area (Å²) in [6, 6.07) is 17.4. The van der Waals surface area contributed by atoms with Crippen LogP contribution in [0.15, 0.2) is 54.6 Å². The van der Waals surface area contributed by atoms with E-state index in [0.717, 1.165) is 20.7 Å². The van der Waals surface area contributed by atoms with E-state index in [-0.39, 0.29) is 12.5 Å². The molecule has 1 atom stereocenters. The van der Waals surface area contributed by atoms with Crippen molar-refractivity contribution in [1.82, 2.24) is 5.32 Å². The molecule has 0 unspecified atom stereocenters. The van der Waals surface area contributed by atoms with E-state index < -0.39 is 5.60 Å². The van der Waals surface area contributed by atoms with E-state index in [1.807, 2.05) is 67.5 Å². The van der Waals surface area contributed by atoms with E-state index in [1.165, 1.54) is 0 Å². The molecule has 1 aromatic heterocycles. The van der Waals surface area contributed by atoms with E-state index in [1.54, 1.807) is 24.3 Å². The summed E-state index contributed by atoms with van der Waals surface area (Å²) >= 11 is 1.55. The van der Waals surface area contributed by atoms with Crippen LogP contribution in [0.3, 0.4) is 0 Å². The van der Waals surface area contributed by atoms with Crippen molar-refractivity contribution < 1.29 is 9.90 Å². The molecule has 0 aliphatic carbocycles. The van der Waals surface area contributed by atoms with Crippen LogP contribution in [0.1, 0.15) is 22.2 Å². The van der Waals surface area contributed by atoms with Gasteiger partial charge in [0.1, 0.15) is 5.60 Å². The SMILES string of the molecule is CN(C)c1cccc(C(=O)NC[C@](C)(O)c2cc3ccccc3s2)c1. The van der Waals surface area contributed by atoms with Gasteiger partial charge in [-0.2, -0.15) is 0 Å². The molecule has 0 fully saturated rings. The number of thiophene rings is 1. The summed E-state index contributed by atoms with van der Waals surface area (Å²) in [5.74, 6) is -0.190. The average Bonchev–Trinajstić information content (AvgIpc) is 3.05. The molecule has 4 nitrogen and oxygen atoms in total. The Labute approximate surface area is 151 Å². The molecule has 25 heavy (non-hydrogen) atoms. The fourth-order valence-corrected chi connectivity index (χ4v) is 3.72. The molecule has 0 bridgehead atoms. The van der Waals surface area contributed by atoms with E-state index in [9.17, 15) is 9.90 Å². The van der Waals surface area contributed by atoms with Crippen molar-refractivity contribution in [1.29, 1.82) is 0 Å². The Balaban J connectivity index is 1.73. The fraction of sp³-hybridized carbons (Fsp3) is 0.250. The number of carbonyl (C=O) groups excluding carboxylic acids is 1. The van der Waals surface area contributed by atoms with Gasteiger partial charge in [-0.1, -0.05) is 24.3 Å². The van der Waals surface area contributed by atoms with E-state index in [4.69, 9.17) is 0 Å². The Morgan fingerprint density at radius 1 is 1.16 bits per heavy atom. The molecule has 0 aliphatic heterocycles. The van der Waals surface area contributed by atoms with Gasteiger partial charge in [0.15, 0.2) is 0 Å². The van der Waals surface area contributed by atoms with Gasteiger partial charge in [-0.3, -0.25) is 4.79 Å². The first kappa shape index (κ1) is 17.5. The second-order valence-electron chi connectivity index (χ2n) is 6.55. The van der Waals surface area contributed by atoms with Crippen molar-refractivity contribution in [3.05, 3.63) is 65.0 Å². The molecular weight excluding hydrogens is 332 g/mol. The zero-order valence-electron chi connectivity index (χ0n) is 14.6. The van der Waals surface area contributed by atoms with Gasteiger partial charge < -0.3 is 15.3 Å². The molecule has 2 aromatic carbocycles. The number of anilines is 1. The molecule has 0 aliphatic rings. The van der Waals surface area contributed by atoms with Gasteiger partial charge in [0.2, 0.25) is 0 Å². The van der Waals surface area contributed by atoms with Gasteiger partial charge in [-0.25, -0.2) is 0 Å². The lowest BCUT2D eigenvalue weighted by molar-refractivity contribution is 0.0557. The molecular formula is C20H22N2O2S. The van der Waals surface area contributed by atoms with Crippen molar-refractivity contribution in [2.75, 3.05) is 25.5 Å². The molecule has 0 saturated carbocycles. The van der Waals surface area contributed by atoms with Crippen LogP contribution in [0, 0.1) is 0 Å². The Hall–Kier alpha value is -2.37. The summed E-state index contributed by atoms with van der Waals surface area (Å²) in [6.07, 6.45) is 0. The summed E-state index contributed by atoms with van der Waals surface area (Å²) < 4.78 is 1.13. The Morgan fingerprint density at radius 2 is 1.92 bits per heavy atom. The predicted molar refractivity (Wildman–Crippen MR) is 104 cm³/mol. The second-order valence-corrected chi connectivity index (χ2v) is 7.63. The molecule has 3 rings (SSSR count). The van der Waals surface area contributed by atoms with Crippen molar-refractivity contribution in [2.45, 2.75) is 12.5 Å². The van der Waals surface area contributed by atoms with Crippen LogP contribution in [0.25, 0.3) is 10.1 Å². The summed E-state index contributed by atoms with van der Waals surface area (Å²) in [5, 5.41) is 14.8. The summed E-state index contributed by atoms with van der Waals surface area (Å²) in [5.41, 5.74) is 0.431. The normalized spacial score (nSPS) is 13.4. The van der Waals surface area contributed by atoms with Gasteiger partial charge in [0.25, 0.3) is 5.91 Å². The standard InChI is InChI=1S/C20H22N2O2S/c1-20(24,18-12-14-7-4-5-10-17(14)25-18)13-21-19(23)15-8-6-9-16(11-15)22(2)3/h4-12,24H,13H2,1-3H3,(H,21,23)/t20-/m0/s1. The van der Waals surface area contributed by atoms with E-state index in [0.29, 0.717) is 5.56 Å². The summed E-state index contributed by atoms with van der Waals surface area (Å²) in [4.78, 5) is 15.2. The van der Waals surface area contributed by atoms with Crippen molar-refractivity contribution in [2.24, 2.45) is 0 Å². The highest BCUT2D eigenvalue weighted by Gasteiger charge is 2.26. The molecule has 0 saturated heterocycles. The van der Waals surface area contributed by atoms with E-state index >= 15 is 0 Å². The zero-order valence-corrected chi connectivity index (χ0v) is 15.4. The number of nitrogens with zero attached hydrogens (tertiary/aromatic N) is 1. The fourth-order valence-electron chi connectivity index (χ4n) is 2.61. The van der Waals surface area contributed by atoms with Crippen molar-refractivity contribution in [3.63, 3.8) is 0 Å². The maximum atomic E-state index is 12.4. The van der Waals surface area contributed by atoms with Gasteiger partial charge in [-0.05, 0) is 42.6 Å². The number of aliphatic hydroxyl groups is 1. The molecule has 1 amide bonds. The Kier molecular flexibility index (Phi) is 4.79. The van der Waals surface area contributed by atoms with Gasteiger partial charge >= 0.3 is 0 Å². The Bertz CT molecular complexity index is 866. The van der Waals surface area contributed by atoms with E-state index in [2.05, 4.69) is 5.32 Å². The van der Waals surface area contributed by atoms with Crippen molar-refractivity contribution >= 4 is 33.0 Å². The molecule has 0 radical (unpaired) electrons. The number of rotatable bonds is 5. The number of hydrogen-bond donors (Lipinski definition) is 2. The van der Waals surface area contributed by atoms with Crippen LogP contribution in [0.4, 0.5) is 5.69 Å². The van der Waals surface area contributed by atoms with Crippen LogP contribution in [0.2, 0.25) is 0 Å². The predicted octanol–water partition coefficient (Wildman–Crippen LogP) is 3.60. The highest BCUT2D eigenvalue weighted by Crippen LogP contribution is 2.32. The quantitative estimate of drug-likeness (QED) is 0.736. The number of nitrogens with one attached hydrogen (secondary N) is 1. The molecule has 0 spiro atoms. The first-order chi connectivity index (χ1) is 11.9. The minimum Gasteiger partial charge on any atom is -0.383 e. The van der Waals surface area contributed by atoms with Gasteiger partial charge in [0.05, 0.1) is 6.54 Å². The summed E-state index contributed by atoms with van der Waals surface area (Å²) in [7, 11) is 3.87. The molecule has 5 heteroatoms.